The lowest BCUT2D eigenvalue weighted by Gasteiger charge is -2.05. The van der Waals surface area contributed by atoms with Crippen LogP contribution in [-0.4, -0.2) is 40.5 Å². The predicted octanol–water partition coefficient (Wildman–Crippen LogP) is 5.01. The third-order valence-electron chi connectivity index (χ3n) is 3.77. The lowest BCUT2D eigenvalue weighted by Crippen LogP contribution is -1.97. The highest BCUT2D eigenvalue weighted by atomic mass is 35.5. The van der Waals surface area contributed by atoms with Crippen molar-refractivity contribution in [1.29, 1.82) is 0 Å². The second-order valence-electron chi connectivity index (χ2n) is 5.62. The fourth-order valence-electron chi connectivity index (χ4n) is 2.43. The van der Waals surface area contributed by atoms with Crippen molar-refractivity contribution in [1.82, 2.24) is 15.2 Å². The number of carboxylic acid groups (broad SMARTS) is 1. The molecule has 7 nitrogen and oxygen atoms in total. The van der Waals surface area contributed by atoms with Crippen LogP contribution in [0.1, 0.15) is 5.56 Å². The number of rotatable bonds is 7. The SMILES string of the molecule is COc1ccc(/C=C(/Sc2n[nH]c(-c3cc(Cl)ccc3OC)n2)C(=O)O)cc1Cl. The number of benzene rings is 2. The number of aromatic amines is 1. The van der Waals surface area contributed by atoms with Crippen LogP contribution in [0.4, 0.5) is 0 Å². The average Bonchev–Trinajstić information content (AvgIpc) is 3.16. The second-order valence-corrected chi connectivity index (χ2v) is 7.47. The Labute approximate surface area is 180 Å². The zero-order valence-electron chi connectivity index (χ0n) is 15.3. The number of H-pyrrole nitrogens is 1. The minimum Gasteiger partial charge on any atom is -0.496 e. The van der Waals surface area contributed by atoms with Crippen LogP contribution in [0.25, 0.3) is 17.5 Å². The van der Waals surface area contributed by atoms with E-state index in [4.69, 9.17) is 32.7 Å². The molecule has 0 amide bonds. The maximum absolute atomic E-state index is 11.7. The molecule has 0 spiro atoms. The first-order chi connectivity index (χ1) is 13.9. The zero-order valence-corrected chi connectivity index (χ0v) is 17.6. The van der Waals surface area contributed by atoms with Crippen molar-refractivity contribution >= 4 is 47.0 Å². The second kappa shape index (κ2) is 9.21. The van der Waals surface area contributed by atoms with Crippen LogP contribution in [0.3, 0.4) is 0 Å². The Kier molecular flexibility index (Phi) is 6.68. The Bertz CT molecular complexity index is 1090. The number of nitrogens with one attached hydrogen (secondary N) is 1. The third-order valence-corrected chi connectivity index (χ3v) is 5.18. The molecule has 3 aromatic rings. The molecule has 0 aliphatic rings. The fourth-order valence-corrected chi connectivity index (χ4v) is 3.58. The standard InChI is InChI=1S/C19H15Cl2N3O4S/c1-27-14-6-4-11(20)9-12(14)17-22-19(24-23-17)29-16(18(25)26)8-10-3-5-15(28-2)13(21)7-10/h3-9H,1-2H3,(H,25,26)(H,22,23,24)/b16-8+. The summed E-state index contributed by atoms with van der Waals surface area (Å²) in [6.07, 6.45) is 1.48. The van der Waals surface area contributed by atoms with Crippen LogP contribution >= 0.6 is 35.0 Å². The molecule has 0 saturated carbocycles. The van der Waals surface area contributed by atoms with Crippen molar-refractivity contribution in [2.24, 2.45) is 0 Å². The number of ether oxygens (including phenoxy) is 2. The first-order valence-electron chi connectivity index (χ1n) is 8.14. The molecule has 0 aliphatic carbocycles. The van der Waals surface area contributed by atoms with Gasteiger partial charge in [-0.15, -0.1) is 5.10 Å². The summed E-state index contributed by atoms with van der Waals surface area (Å²) in [7, 11) is 3.04. The van der Waals surface area contributed by atoms with E-state index in [1.54, 1.807) is 36.4 Å². The molecule has 0 saturated heterocycles. The molecule has 2 aromatic carbocycles. The molecule has 0 bridgehead atoms. The molecule has 0 radical (unpaired) electrons. The van der Waals surface area contributed by atoms with Gasteiger partial charge in [0.2, 0.25) is 5.16 Å². The lowest BCUT2D eigenvalue weighted by atomic mass is 10.2. The van der Waals surface area contributed by atoms with Crippen LogP contribution in [0.15, 0.2) is 46.5 Å². The number of hydrogen-bond acceptors (Lipinski definition) is 6. The number of nitrogens with zero attached hydrogens (tertiary/aromatic N) is 2. The highest BCUT2D eigenvalue weighted by Crippen LogP contribution is 2.33. The Morgan fingerprint density at radius 3 is 2.52 bits per heavy atom. The van der Waals surface area contributed by atoms with Crippen molar-refractivity contribution in [3.8, 4) is 22.9 Å². The van der Waals surface area contributed by atoms with Crippen molar-refractivity contribution < 1.29 is 19.4 Å². The van der Waals surface area contributed by atoms with Gasteiger partial charge in [-0.05, 0) is 53.7 Å². The smallest absolute Gasteiger partial charge is 0.342 e. The van der Waals surface area contributed by atoms with Crippen molar-refractivity contribution in [2.75, 3.05) is 14.2 Å². The highest BCUT2D eigenvalue weighted by Gasteiger charge is 2.16. The molecule has 0 unspecified atom stereocenters. The molecule has 1 heterocycles. The summed E-state index contributed by atoms with van der Waals surface area (Å²) >= 11 is 13.1. The average molecular weight is 452 g/mol. The topological polar surface area (TPSA) is 97.3 Å². The van der Waals surface area contributed by atoms with E-state index < -0.39 is 5.97 Å². The summed E-state index contributed by atoms with van der Waals surface area (Å²) in [6.45, 7) is 0. The van der Waals surface area contributed by atoms with Gasteiger partial charge in [-0.3, -0.25) is 5.10 Å². The fraction of sp³-hybridized carbons (Fsp3) is 0.105. The van der Waals surface area contributed by atoms with E-state index in [1.165, 1.54) is 20.3 Å². The van der Waals surface area contributed by atoms with Crippen LogP contribution in [0, 0.1) is 0 Å². The van der Waals surface area contributed by atoms with Gasteiger partial charge < -0.3 is 14.6 Å². The molecule has 10 heteroatoms. The van der Waals surface area contributed by atoms with Gasteiger partial charge in [0.25, 0.3) is 0 Å². The molecule has 2 N–H and O–H groups in total. The number of aromatic nitrogens is 3. The minimum atomic E-state index is -1.12. The Morgan fingerprint density at radius 2 is 1.86 bits per heavy atom. The van der Waals surface area contributed by atoms with Crippen LogP contribution in [0.2, 0.25) is 10.0 Å². The van der Waals surface area contributed by atoms with Gasteiger partial charge in [0.05, 0.1) is 24.8 Å². The first kappa shape index (κ1) is 21.0. The largest absolute Gasteiger partial charge is 0.496 e. The number of halogens is 2. The summed E-state index contributed by atoms with van der Waals surface area (Å²) < 4.78 is 10.4. The van der Waals surface area contributed by atoms with Gasteiger partial charge in [-0.25, -0.2) is 9.78 Å². The monoisotopic (exact) mass is 451 g/mol. The molecule has 3 rings (SSSR count). The Hall–Kier alpha value is -2.68. The normalized spacial score (nSPS) is 11.4. The maximum atomic E-state index is 11.7. The highest BCUT2D eigenvalue weighted by molar-refractivity contribution is 8.04. The number of aliphatic carboxylic acids is 1. The van der Waals surface area contributed by atoms with E-state index in [1.807, 2.05) is 0 Å². The Morgan fingerprint density at radius 1 is 1.14 bits per heavy atom. The molecular formula is C19H15Cl2N3O4S. The van der Waals surface area contributed by atoms with Gasteiger partial charge in [0.15, 0.2) is 5.82 Å². The van der Waals surface area contributed by atoms with E-state index in [9.17, 15) is 9.90 Å². The lowest BCUT2D eigenvalue weighted by molar-refractivity contribution is -0.131. The number of thioether (sulfide) groups is 1. The van der Waals surface area contributed by atoms with E-state index in [-0.39, 0.29) is 10.1 Å². The predicted molar refractivity (Wildman–Crippen MR) is 113 cm³/mol. The zero-order chi connectivity index (χ0) is 21.0. The number of carboxylic acids is 1. The van der Waals surface area contributed by atoms with E-state index in [0.29, 0.717) is 38.5 Å². The van der Waals surface area contributed by atoms with Crippen LogP contribution in [0.5, 0.6) is 11.5 Å². The Balaban J connectivity index is 1.89. The van der Waals surface area contributed by atoms with Gasteiger partial charge in [0, 0.05) is 5.02 Å². The first-order valence-corrected chi connectivity index (χ1v) is 9.71. The van der Waals surface area contributed by atoms with Crippen molar-refractivity contribution in [3.63, 3.8) is 0 Å². The maximum Gasteiger partial charge on any atom is 0.342 e. The molecule has 0 aliphatic heterocycles. The quantitative estimate of drug-likeness (QED) is 0.384. The van der Waals surface area contributed by atoms with E-state index in [0.717, 1.165) is 11.8 Å². The van der Waals surface area contributed by atoms with Gasteiger partial charge in [0.1, 0.15) is 16.4 Å². The molecule has 1 aromatic heterocycles. The molecule has 0 fully saturated rings. The summed E-state index contributed by atoms with van der Waals surface area (Å²) in [5, 5.41) is 17.5. The summed E-state index contributed by atoms with van der Waals surface area (Å²) in [5.41, 5.74) is 1.22. The molecule has 29 heavy (non-hydrogen) atoms. The van der Waals surface area contributed by atoms with Crippen LogP contribution in [-0.2, 0) is 4.79 Å². The number of carbonyl (C=O) groups is 1. The van der Waals surface area contributed by atoms with E-state index >= 15 is 0 Å². The summed E-state index contributed by atoms with van der Waals surface area (Å²) in [4.78, 5) is 16.1. The van der Waals surface area contributed by atoms with Crippen molar-refractivity contribution in [2.45, 2.75) is 5.16 Å². The third kappa shape index (κ3) is 5.03. The van der Waals surface area contributed by atoms with Gasteiger partial charge in [-0.2, -0.15) is 0 Å². The minimum absolute atomic E-state index is 0.0230. The summed E-state index contributed by atoms with van der Waals surface area (Å²) in [5.74, 6) is 0.351. The molecule has 150 valence electrons. The van der Waals surface area contributed by atoms with Crippen LogP contribution < -0.4 is 9.47 Å². The van der Waals surface area contributed by atoms with E-state index in [2.05, 4.69) is 15.2 Å². The molecule has 0 atom stereocenters. The molecular weight excluding hydrogens is 437 g/mol. The summed E-state index contributed by atoms with van der Waals surface area (Å²) in [6, 6.07) is 10.1. The number of methoxy groups -OCH3 is 2. The van der Waals surface area contributed by atoms with Gasteiger partial charge in [-0.1, -0.05) is 29.3 Å². The van der Waals surface area contributed by atoms with Gasteiger partial charge >= 0.3 is 5.97 Å². The van der Waals surface area contributed by atoms with Crippen molar-refractivity contribution in [3.05, 3.63) is 56.9 Å². The number of hydrogen-bond donors (Lipinski definition) is 2.